The molecule has 0 bridgehead atoms. The lowest BCUT2D eigenvalue weighted by Gasteiger charge is -2.07. The smallest absolute Gasteiger partial charge is 0.325 e. The molecule has 138 valence electrons. The molecule has 0 aliphatic carbocycles. The molecule has 1 amide bonds. The Morgan fingerprint density at radius 2 is 2.12 bits per heavy atom. The Bertz CT molecular complexity index is 933. The van der Waals surface area contributed by atoms with Crippen LogP contribution < -0.4 is 21.4 Å². The van der Waals surface area contributed by atoms with E-state index in [1.807, 2.05) is 6.92 Å². The summed E-state index contributed by atoms with van der Waals surface area (Å²) in [6, 6.07) is 5.15. The number of halogens is 1. The Kier molecular flexibility index (Phi) is 6.74. The van der Waals surface area contributed by atoms with Crippen LogP contribution in [0.1, 0.15) is 30.2 Å². The van der Waals surface area contributed by atoms with Crippen molar-refractivity contribution in [3.8, 4) is 5.75 Å². The van der Waals surface area contributed by atoms with E-state index < -0.39 is 17.2 Å². The zero-order chi connectivity index (χ0) is 19.1. The quantitative estimate of drug-likeness (QED) is 0.500. The number of aromatic amines is 2. The molecule has 0 fully saturated rings. The van der Waals surface area contributed by atoms with E-state index in [0.717, 1.165) is 6.42 Å². The maximum Gasteiger partial charge on any atom is 0.325 e. The molecule has 0 atom stereocenters. The number of aryl methyl sites for hydroxylation is 1. The van der Waals surface area contributed by atoms with Crippen LogP contribution in [0.3, 0.4) is 0 Å². The number of nitrogens with one attached hydrogen (secondary N) is 3. The summed E-state index contributed by atoms with van der Waals surface area (Å²) in [6.45, 7) is 4.12. The molecular weight excluding hydrogens is 360 g/mol. The van der Waals surface area contributed by atoms with Crippen LogP contribution in [0.4, 0.5) is 0 Å². The fourth-order valence-electron chi connectivity index (χ4n) is 2.14. The molecule has 9 heteroatoms. The van der Waals surface area contributed by atoms with E-state index in [4.69, 9.17) is 16.3 Å². The van der Waals surface area contributed by atoms with Crippen LogP contribution in [0.2, 0.25) is 5.02 Å². The number of nitrogens with zero attached hydrogens (tertiary/aromatic N) is 1. The summed E-state index contributed by atoms with van der Waals surface area (Å²) < 4.78 is 5.48. The topological polar surface area (TPSA) is 116 Å². The summed E-state index contributed by atoms with van der Waals surface area (Å²) in [5.74, 6) is 0.0957. The normalized spacial score (nSPS) is 10.9. The molecule has 1 heterocycles. The van der Waals surface area contributed by atoms with Gasteiger partial charge in [-0.15, -0.1) is 0 Å². The molecule has 0 unspecified atom stereocenters. The minimum absolute atomic E-state index is 0.178. The average Bonchev–Trinajstić information content (AvgIpc) is 2.57. The van der Waals surface area contributed by atoms with Gasteiger partial charge in [0.25, 0.3) is 5.56 Å². The highest BCUT2D eigenvalue weighted by Gasteiger charge is 2.10. The van der Waals surface area contributed by atoms with Crippen molar-refractivity contribution < 1.29 is 9.53 Å². The van der Waals surface area contributed by atoms with Crippen molar-refractivity contribution in [3.05, 3.63) is 60.9 Å². The fourth-order valence-corrected chi connectivity index (χ4v) is 2.39. The Labute approximate surface area is 154 Å². The number of aromatic nitrogens is 2. The van der Waals surface area contributed by atoms with Gasteiger partial charge in [0.2, 0.25) is 5.91 Å². The molecule has 2 aromatic rings. The monoisotopic (exact) mass is 378 g/mol. The van der Waals surface area contributed by atoms with Crippen LogP contribution in [0.25, 0.3) is 0 Å². The van der Waals surface area contributed by atoms with E-state index in [2.05, 4.69) is 20.5 Å². The predicted molar refractivity (Wildman–Crippen MR) is 99.1 cm³/mol. The molecule has 0 aliphatic heterocycles. The number of ether oxygens (including phenoxy) is 1. The summed E-state index contributed by atoms with van der Waals surface area (Å²) in [5, 5.41) is 4.29. The minimum atomic E-state index is -0.613. The van der Waals surface area contributed by atoms with Crippen LogP contribution in [0.15, 0.2) is 32.9 Å². The summed E-state index contributed by atoms with van der Waals surface area (Å²) in [6.07, 6.45) is 2.10. The van der Waals surface area contributed by atoms with Gasteiger partial charge in [0.1, 0.15) is 5.75 Å². The molecule has 2 rings (SSSR count). The first-order chi connectivity index (χ1) is 12.4. The van der Waals surface area contributed by atoms with E-state index in [1.54, 1.807) is 25.1 Å². The van der Waals surface area contributed by atoms with Crippen molar-refractivity contribution in [3.63, 3.8) is 0 Å². The number of amides is 1. The van der Waals surface area contributed by atoms with Gasteiger partial charge in [-0.3, -0.25) is 14.6 Å². The van der Waals surface area contributed by atoms with Gasteiger partial charge in [-0.05, 0) is 37.1 Å². The summed E-state index contributed by atoms with van der Waals surface area (Å²) >= 11 is 6.12. The minimum Gasteiger partial charge on any atom is -0.492 e. The molecule has 8 nitrogen and oxygen atoms in total. The predicted octanol–water partition coefficient (Wildman–Crippen LogP) is 1.51. The lowest BCUT2D eigenvalue weighted by Crippen LogP contribution is -2.30. The second-order valence-corrected chi connectivity index (χ2v) is 5.93. The lowest BCUT2D eigenvalue weighted by molar-refractivity contribution is -0.120. The van der Waals surface area contributed by atoms with E-state index in [-0.39, 0.29) is 12.0 Å². The van der Waals surface area contributed by atoms with Crippen LogP contribution >= 0.6 is 11.6 Å². The summed E-state index contributed by atoms with van der Waals surface area (Å²) in [4.78, 5) is 39.3. The van der Waals surface area contributed by atoms with Crippen molar-refractivity contribution in [2.75, 3.05) is 6.61 Å². The van der Waals surface area contributed by atoms with Crippen LogP contribution in [-0.4, -0.2) is 28.7 Å². The highest BCUT2D eigenvalue weighted by Crippen LogP contribution is 2.24. The van der Waals surface area contributed by atoms with Crippen molar-refractivity contribution in [2.45, 2.75) is 26.7 Å². The third-order valence-corrected chi connectivity index (χ3v) is 3.71. The SMILES string of the molecule is CCCOc1ccc(/C=N\NC(=O)Cc2c(C)[nH]c(=O)[nH]c2=O)cc1Cl. The molecule has 0 saturated carbocycles. The maximum atomic E-state index is 11.9. The molecule has 3 N–H and O–H groups in total. The second kappa shape index (κ2) is 9.00. The molecule has 1 aromatic carbocycles. The van der Waals surface area contributed by atoms with E-state index in [1.165, 1.54) is 6.21 Å². The third-order valence-electron chi connectivity index (χ3n) is 3.41. The Balaban J connectivity index is 1.98. The molecule has 0 spiro atoms. The number of carbonyl (C=O) groups is 1. The van der Waals surface area contributed by atoms with Gasteiger partial charge in [-0.2, -0.15) is 5.10 Å². The fraction of sp³-hybridized carbons (Fsp3) is 0.294. The summed E-state index contributed by atoms with van der Waals surface area (Å²) in [5.41, 5.74) is 2.31. The maximum absolute atomic E-state index is 11.9. The first-order valence-corrected chi connectivity index (χ1v) is 8.34. The second-order valence-electron chi connectivity index (χ2n) is 5.52. The van der Waals surface area contributed by atoms with Gasteiger partial charge in [-0.1, -0.05) is 18.5 Å². The summed E-state index contributed by atoms with van der Waals surface area (Å²) in [7, 11) is 0. The van der Waals surface area contributed by atoms with Gasteiger partial charge in [0, 0.05) is 11.3 Å². The standard InChI is InChI=1S/C17H19ClN4O4/c1-3-6-26-14-5-4-11(7-13(14)18)9-19-22-15(23)8-12-10(2)20-17(25)21-16(12)24/h4-5,7,9H,3,6,8H2,1-2H3,(H,22,23)(H2,20,21,24,25)/b19-9-. The molecule has 26 heavy (non-hydrogen) atoms. The first kappa shape index (κ1) is 19.5. The zero-order valence-corrected chi connectivity index (χ0v) is 15.1. The number of H-pyrrole nitrogens is 2. The highest BCUT2D eigenvalue weighted by molar-refractivity contribution is 6.32. The number of hydrazone groups is 1. The van der Waals surface area contributed by atoms with Crippen LogP contribution in [0.5, 0.6) is 5.75 Å². The molecule has 0 radical (unpaired) electrons. The highest BCUT2D eigenvalue weighted by atomic mass is 35.5. The number of benzene rings is 1. The van der Waals surface area contributed by atoms with Gasteiger partial charge in [-0.25, -0.2) is 10.2 Å². The number of hydrogen-bond donors (Lipinski definition) is 3. The van der Waals surface area contributed by atoms with E-state index in [0.29, 0.717) is 28.6 Å². The average molecular weight is 379 g/mol. The zero-order valence-electron chi connectivity index (χ0n) is 14.4. The van der Waals surface area contributed by atoms with Gasteiger partial charge >= 0.3 is 5.69 Å². The van der Waals surface area contributed by atoms with E-state index >= 15 is 0 Å². The Morgan fingerprint density at radius 1 is 1.35 bits per heavy atom. The first-order valence-electron chi connectivity index (χ1n) is 7.97. The van der Waals surface area contributed by atoms with Crippen molar-refractivity contribution in [1.29, 1.82) is 0 Å². The lowest BCUT2D eigenvalue weighted by atomic mass is 10.1. The molecule has 0 saturated heterocycles. The van der Waals surface area contributed by atoms with Crippen LogP contribution in [-0.2, 0) is 11.2 Å². The van der Waals surface area contributed by atoms with Crippen LogP contribution in [0, 0.1) is 6.92 Å². The van der Waals surface area contributed by atoms with Gasteiger partial charge < -0.3 is 9.72 Å². The largest absolute Gasteiger partial charge is 0.492 e. The number of hydrogen-bond acceptors (Lipinski definition) is 5. The van der Waals surface area contributed by atoms with Crippen molar-refractivity contribution in [2.24, 2.45) is 5.10 Å². The van der Waals surface area contributed by atoms with Gasteiger partial charge in [0.05, 0.1) is 24.3 Å². The molecule has 1 aromatic heterocycles. The van der Waals surface area contributed by atoms with Crippen molar-refractivity contribution >= 4 is 23.7 Å². The number of rotatable bonds is 7. The number of carbonyl (C=O) groups excluding carboxylic acids is 1. The molecule has 0 aliphatic rings. The third kappa shape index (κ3) is 5.32. The molecular formula is C17H19ClN4O4. The van der Waals surface area contributed by atoms with Crippen molar-refractivity contribution in [1.82, 2.24) is 15.4 Å². The van der Waals surface area contributed by atoms with E-state index in [9.17, 15) is 14.4 Å². The van der Waals surface area contributed by atoms with Gasteiger partial charge in [0.15, 0.2) is 0 Å². The Morgan fingerprint density at radius 3 is 2.77 bits per heavy atom. The Hall–Kier alpha value is -2.87.